The maximum atomic E-state index is 11.6. The van der Waals surface area contributed by atoms with Crippen molar-refractivity contribution in [1.29, 1.82) is 0 Å². The molecular weight excluding hydrogens is 184 g/mol. The van der Waals surface area contributed by atoms with Crippen molar-refractivity contribution in [3.05, 3.63) is 0 Å². The van der Waals surface area contributed by atoms with Crippen LogP contribution in [0.5, 0.6) is 0 Å². The topological polar surface area (TPSA) is 66.8 Å². The molecule has 1 rings (SSSR count). The van der Waals surface area contributed by atoms with E-state index < -0.39 is 18.3 Å². The molecule has 82 valence electrons. The van der Waals surface area contributed by atoms with Gasteiger partial charge in [-0.3, -0.25) is 4.79 Å². The van der Waals surface area contributed by atoms with E-state index >= 15 is 0 Å². The average Bonchev–Trinajstić information content (AvgIpc) is 2.14. The zero-order chi connectivity index (χ0) is 10.9. The highest BCUT2D eigenvalue weighted by Gasteiger charge is 2.42. The molecule has 0 aliphatic carbocycles. The Morgan fingerprint density at radius 3 is 2.50 bits per heavy atom. The van der Waals surface area contributed by atoms with Crippen LogP contribution in [0.1, 0.15) is 20.8 Å². The first-order valence-electron chi connectivity index (χ1n) is 4.97. The van der Waals surface area contributed by atoms with Crippen molar-refractivity contribution in [2.45, 2.75) is 39.1 Å². The van der Waals surface area contributed by atoms with Crippen LogP contribution in [0.2, 0.25) is 0 Å². The lowest BCUT2D eigenvalue weighted by Crippen LogP contribution is -2.53. The van der Waals surface area contributed by atoms with Gasteiger partial charge < -0.3 is 14.9 Å². The summed E-state index contributed by atoms with van der Waals surface area (Å²) in [6, 6.07) is 0. The number of ketones is 1. The van der Waals surface area contributed by atoms with E-state index in [-0.39, 0.29) is 24.2 Å². The summed E-state index contributed by atoms with van der Waals surface area (Å²) in [5, 5.41) is 18.6. The Morgan fingerprint density at radius 2 is 2.07 bits per heavy atom. The molecule has 0 saturated carbocycles. The lowest BCUT2D eigenvalue weighted by molar-refractivity contribution is -0.177. The SMILES string of the molecule is CC(C)[C@@H]1OC(CO)[C@@H](C)C(O)C1=O. The Morgan fingerprint density at radius 1 is 1.50 bits per heavy atom. The lowest BCUT2D eigenvalue weighted by atomic mass is 9.86. The minimum atomic E-state index is -1.01. The van der Waals surface area contributed by atoms with E-state index in [0.717, 1.165) is 0 Å². The quantitative estimate of drug-likeness (QED) is 0.660. The Kier molecular flexibility index (Phi) is 3.64. The van der Waals surface area contributed by atoms with Crippen molar-refractivity contribution in [1.82, 2.24) is 0 Å². The third kappa shape index (κ3) is 1.97. The third-order valence-corrected chi connectivity index (χ3v) is 2.76. The Labute approximate surface area is 83.9 Å². The highest BCUT2D eigenvalue weighted by Crippen LogP contribution is 2.26. The fraction of sp³-hybridized carbons (Fsp3) is 0.900. The zero-order valence-electron chi connectivity index (χ0n) is 8.80. The average molecular weight is 202 g/mol. The predicted octanol–water partition coefficient (Wildman–Crippen LogP) is -0.0318. The molecule has 14 heavy (non-hydrogen) atoms. The third-order valence-electron chi connectivity index (χ3n) is 2.76. The Bertz CT molecular complexity index is 214. The van der Waals surface area contributed by atoms with Crippen LogP contribution in [-0.4, -0.2) is 40.9 Å². The lowest BCUT2D eigenvalue weighted by Gasteiger charge is -2.37. The molecule has 1 aliphatic heterocycles. The van der Waals surface area contributed by atoms with Crippen molar-refractivity contribution in [2.24, 2.45) is 11.8 Å². The molecule has 0 aromatic heterocycles. The molecule has 4 nitrogen and oxygen atoms in total. The molecule has 1 saturated heterocycles. The van der Waals surface area contributed by atoms with Gasteiger partial charge in [-0.25, -0.2) is 0 Å². The number of Topliss-reactive ketones (excluding diaryl/α,β-unsaturated/α-hetero) is 1. The number of aliphatic hydroxyl groups is 2. The van der Waals surface area contributed by atoms with Gasteiger partial charge in [0.1, 0.15) is 12.2 Å². The van der Waals surface area contributed by atoms with Gasteiger partial charge in [0, 0.05) is 5.92 Å². The molecule has 0 aromatic rings. The summed E-state index contributed by atoms with van der Waals surface area (Å²) in [4.78, 5) is 11.6. The molecular formula is C10H18O4. The monoisotopic (exact) mass is 202 g/mol. The van der Waals surface area contributed by atoms with Gasteiger partial charge in [0.25, 0.3) is 0 Å². The van der Waals surface area contributed by atoms with Crippen LogP contribution < -0.4 is 0 Å². The van der Waals surface area contributed by atoms with Crippen LogP contribution in [0.3, 0.4) is 0 Å². The molecule has 0 spiro atoms. The second kappa shape index (κ2) is 4.38. The van der Waals surface area contributed by atoms with Crippen LogP contribution in [0, 0.1) is 11.8 Å². The first kappa shape index (κ1) is 11.6. The number of ether oxygens (including phenoxy) is 1. The summed E-state index contributed by atoms with van der Waals surface area (Å²) in [5.74, 6) is -0.571. The van der Waals surface area contributed by atoms with Crippen molar-refractivity contribution in [3.8, 4) is 0 Å². The molecule has 1 aliphatic rings. The second-order valence-corrected chi connectivity index (χ2v) is 4.23. The van der Waals surface area contributed by atoms with Crippen LogP contribution in [0.25, 0.3) is 0 Å². The molecule has 1 heterocycles. The molecule has 1 fully saturated rings. The molecule has 0 radical (unpaired) electrons. The molecule has 0 bridgehead atoms. The Balaban J connectivity index is 2.78. The summed E-state index contributed by atoms with van der Waals surface area (Å²) >= 11 is 0. The minimum Gasteiger partial charge on any atom is -0.394 e. The van der Waals surface area contributed by atoms with Crippen LogP contribution in [0.4, 0.5) is 0 Å². The predicted molar refractivity (Wildman–Crippen MR) is 50.8 cm³/mol. The molecule has 2 unspecified atom stereocenters. The van der Waals surface area contributed by atoms with Crippen molar-refractivity contribution >= 4 is 5.78 Å². The smallest absolute Gasteiger partial charge is 0.190 e. The van der Waals surface area contributed by atoms with Crippen LogP contribution >= 0.6 is 0 Å². The summed E-state index contributed by atoms with van der Waals surface area (Å²) in [5.41, 5.74) is 0. The van der Waals surface area contributed by atoms with E-state index in [1.165, 1.54) is 0 Å². The molecule has 2 N–H and O–H groups in total. The minimum absolute atomic E-state index is 0.0266. The number of hydrogen-bond acceptors (Lipinski definition) is 4. The van der Waals surface area contributed by atoms with Crippen molar-refractivity contribution in [3.63, 3.8) is 0 Å². The van der Waals surface area contributed by atoms with Gasteiger partial charge in [-0.15, -0.1) is 0 Å². The summed E-state index contributed by atoms with van der Waals surface area (Å²) < 4.78 is 5.43. The van der Waals surface area contributed by atoms with E-state index in [2.05, 4.69) is 0 Å². The number of aliphatic hydroxyl groups excluding tert-OH is 2. The molecule has 0 amide bonds. The van der Waals surface area contributed by atoms with Crippen molar-refractivity contribution in [2.75, 3.05) is 6.61 Å². The van der Waals surface area contributed by atoms with Gasteiger partial charge in [0.15, 0.2) is 5.78 Å². The van der Waals surface area contributed by atoms with E-state index in [1.807, 2.05) is 13.8 Å². The fourth-order valence-corrected chi connectivity index (χ4v) is 1.70. The van der Waals surface area contributed by atoms with Gasteiger partial charge in [-0.1, -0.05) is 20.8 Å². The van der Waals surface area contributed by atoms with E-state index in [9.17, 15) is 9.90 Å². The Hall–Kier alpha value is -0.450. The molecule has 4 heteroatoms. The van der Waals surface area contributed by atoms with Crippen LogP contribution in [-0.2, 0) is 9.53 Å². The maximum Gasteiger partial charge on any atom is 0.190 e. The fourth-order valence-electron chi connectivity index (χ4n) is 1.70. The molecule has 4 atom stereocenters. The largest absolute Gasteiger partial charge is 0.394 e. The van der Waals surface area contributed by atoms with Gasteiger partial charge in [0.05, 0.1) is 12.7 Å². The highest BCUT2D eigenvalue weighted by atomic mass is 16.5. The first-order chi connectivity index (χ1) is 6.49. The zero-order valence-corrected chi connectivity index (χ0v) is 8.80. The highest BCUT2D eigenvalue weighted by molar-refractivity contribution is 5.88. The summed E-state index contributed by atoms with van der Waals surface area (Å²) in [7, 11) is 0. The van der Waals surface area contributed by atoms with Gasteiger partial charge in [-0.05, 0) is 5.92 Å². The standard InChI is InChI=1S/C10H18O4/c1-5(2)10-9(13)8(12)6(3)7(4-11)14-10/h5-8,10-12H,4H2,1-3H3/t6-,7?,8?,10+/m1/s1. The van der Waals surface area contributed by atoms with Gasteiger partial charge >= 0.3 is 0 Å². The summed E-state index contributed by atoms with van der Waals surface area (Å²) in [6.45, 7) is 5.27. The number of carbonyl (C=O) groups is 1. The first-order valence-corrected chi connectivity index (χ1v) is 4.97. The molecule has 0 aromatic carbocycles. The number of hydrogen-bond donors (Lipinski definition) is 2. The number of rotatable bonds is 2. The van der Waals surface area contributed by atoms with E-state index in [4.69, 9.17) is 9.84 Å². The normalized spacial score (nSPS) is 39.1. The van der Waals surface area contributed by atoms with Crippen molar-refractivity contribution < 1.29 is 19.7 Å². The van der Waals surface area contributed by atoms with E-state index in [0.29, 0.717) is 0 Å². The van der Waals surface area contributed by atoms with E-state index in [1.54, 1.807) is 6.92 Å². The number of carbonyl (C=O) groups excluding carboxylic acids is 1. The van der Waals surface area contributed by atoms with Crippen LogP contribution in [0.15, 0.2) is 0 Å². The van der Waals surface area contributed by atoms with Gasteiger partial charge in [0.2, 0.25) is 0 Å². The maximum absolute atomic E-state index is 11.6. The summed E-state index contributed by atoms with van der Waals surface area (Å²) in [6.07, 6.45) is -2.03. The van der Waals surface area contributed by atoms with Gasteiger partial charge in [-0.2, -0.15) is 0 Å². The second-order valence-electron chi connectivity index (χ2n) is 4.23.